The molecule has 1 saturated heterocycles. The van der Waals surface area contributed by atoms with Crippen molar-refractivity contribution in [1.82, 2.24) is 0 Å². The molecule has 0 spiro atoms. The smallest absolute Gasteiger partial charge is 0.299 e. The van der Waals surface area contributed by atoms with Gasteiger partial charge in [0.2, 0.25) is 0 Å². The average Bonchev–Trinajstić information content (AvgIpc) is 2.63. The average molecular weight is 232 g/mol. The van der Waals surface area contributed by atoms with Crippen molar-refractivity contribution in [3.63, 3.8) is 0 Å². The van der Waals surface area contributed by atoms with Gasteiger partial charge in [-0.25, -0.2) is 4.52 Å². The number of rotatable bonds is 2. The summed E-state index contributed by atoms with van der Waals surface area (Å²) in [6.07, 6.45) is -0.105. The summed E-state index contributed by atoms with van der Waals surface area (Å²) < 4.78 is 10.2. The fraction of sp³-hybridized carbons (Fsp3) is 0.333. The van der Waals surface area contributed by atoms with Crippen LogP contribution in [0.15, 0.2) is 30.3 Å². The molecule has 0 aromatic heterocycles. The van der Waals surface area contributed by atoms with Crippen molar-refractivity contribution < 1.29 is 13.9 Å². The van der Waals surface area contributed by atoms with Crippen LogP contribution in [0.3, 0.4) is 0 Å². The summed E-state index contributed by atoms with van der Waals surface area (Å²) in [5.41, 5.74) is 1.05. The summed E-state index contributed by atoms with van der Waals surface area (Å²) in [4.78, 5) is 11.7. The Morgan fingerprint density at radius 1 is 1.50 bits per heavy atom. The largest absolute Gasteiger partial charge is 0.622 e. The molecule has 1 aromatic carbocycles. The van der Waals surface area contributed by atoms with Crippen molar-refractivity contribution in [3.05, 3.63) is 35.9 Å². The molecule has 5 heteroatoms. The zero-order valence-electron chi connectivity index (χ0n) is 7.75. The minimum Gasteiger partial charge on any atom is -0.622 e. The summed E-state index contributed by atoms with van der Waals surface area (Å²) in [5.74, 6) is 0.690. The number of hydrogen-bond donors (Lipinski definition) is 0. The Morgan fingerprint density at radius 3 is 2.79 bits per heavy atom. The molecule has 3 nitrogen and oxygen atoms in total. The van der Waals surface area contributed by atoms with Gasteiger partial charge in [0.1, 0.15) is 6.10 Å². The van der Waals surface area contributed by atoms with E-state index in [1.807, 2.05) is 30.3 Å². The van der Waals surface area contributed by atoms with Crippen molar-refractivity contribution in [2.45, 2.75) is 6.10 Å². The highest BCUT2D eigenvalue weighted by atomic mass is 32.7. The third-order valence-corrected chi connectivity index (χ3v) is 5.86. The van der Waals surface area contributed by atoms with E-state index in [9.17, 15) is 4.89 Å². The maximum atomic E-state index is 11.7. The molecule has 0 N–H and O–H groups in total. The van der Waals surface area contributed by atoms with Crippen LogP contribution in [-0.4, -0.2) is 12.9 Å². The molecule has 1 aliphatic heterocycles. The first-order valence-electron chi connectivity index (χ1n) is 4.27. The van der Waals surface area contributed by atoms with Gasteiger partial charge < -0.3 is 4.89 Å². The molecule has 0 amide bonds. The number of hydrogen-bond acceptors (Lipinski definition) is 4. The van der Waals surface area contributed by atoms with E-state index in [2.05, 4.69) is 0 Å². The zero-order valence-corrected chi connectivity index (χ0v) is 9.46. The maximum absolute atomic E-state index is 11.7. The second kappa shape index (κ2) is 4.17. The minimum atomic E-state index is -2.86. The predicted molar refractivity (Wildman–Crippen MR) is 56.7 cm³/mol. The summed E-state index contributed by atoms with van der Waals surface area (Å²) in [7, 11) is -1.44. The zero-order chi connectivity index (χ0) is 10.0. The highest BCUT2D eigenvalue weighted by Crippen LogP contribution is 2.71. The van der Waals surface area contributed by atoms with Gasteiger partial charge in [0.15, 0.2) is 0 Å². The molecular formula is C9H11O3PS. The van der Waals surface area contributed by atoms with E-state index in [-0.39, 0.29) is 6.10 Å². The van der Waals surface area contributed by atoms with E-state index >= 15 is 0 Å². The van der Waals surface area contributed by atoms with Crippen LogP contribution in [0.1, 0.15) is 11.7 Å². The highest BCUT2D eigenvalue weighted by molar-refractivity contribution is 8.57. The van der Waals surface area contributed by atoms with Gasteiger partial charge in [-0.1, -0.05) is 30.3 Å². The first-order valence-corrected chi connectivity index (χ1v) is 7.40. The lowest BCUT2D eigenvalue weighted by atomic mass is 10.1. The van der Waals surface area contributed by atoms with Gasteiger partial charge in [0.05, 0.1) is 24.2 Å². The molecule has 0 saturated carbocycles. The quantitative estimate of drug-likeness (QED) is 0.579. The first kappa shape index (κ1) is 10.4. The maximum Gasteiger partial charge on any atom is 0.299 e. The van der Waals surface area contributed by atoms with E-state index in [1.165, 1.54) is 18.5 Å². The highest BCUT2D eigenvalue weighted by Gasteiger charge is 2.43. The van der Waals surface area contributed by atoms with Gasteiger partial charge in [0.25, 0.3) is 7.15 Å². The predicted octanol–water partition coefficient (Wildman–Crippen LogP) is 2.18. The molecule has 0 radical (unpaired) electrons. The first-order chi connectivity index (χ1) is 6.73. The van der Waals surface area contributed by atoms with Crippen LogP contribution < -0.4 is 4.89 Å². The molecule has 2 atom stereocenters. The molecule has 14 heavy (non-hydrogen) atoms. The third-order valence-electron chi connectivity index (χ3n) is 2.04. The van der Waals surface area contributed by atoms with Crippen molar-refractivity contribution in [2.75, 3.05) is 12.9 Å². The molecule has 1 fully saturated rings. The molecule has 0 bridgehead atoms. The van der Waals surface area contributed by atoms with Gasteiger partial charge in [-0.2, -0.15) is 4.52 Å². The molecule has 2 rings (SSSR count). The lowest BCUT2D eigenvalue weighted by Crippen LogP contribution is -2.08. The fourth-order valence-electron chi connectivity index (χ4n) is 1.30. The summed E-state index contributed by atoms with van der Waals surface area (Å²) in [5, 5.41) is 0. The Balaban J connectivity index is 2.10. The molecular weight excluding hydrogens is 221 g/mol. The molecule has 0 aliphatic carbocycles. The van der Waals surface area contributed by atoms with Gasteiger partial charge in [-0.05, 0) is 5.56 Å². The third kappa shape index (κ3) is 2.10. The Kier molecular flexibility index (Phi) is 3.10. The molecule has 1 heterocycles. The Morgan fingerprint density at radius 2 is 2.21 bits per heavy atom. The van der Waals surface area contributed by atoms with Gasteiger partial charge >= 0.3 is 0 Å². The van der Waals surface area contributed by atoms with E-state index in [0.29, 0.717) is 5.75 Å². The summed E-state index contributed by atoms with van der Waals surface area (Å²) >= 11 is 1.26. The van der Waals surface area contributed by atoms with Crippen LogP contribution >= 0.6 is 18.5 Å². The molecule has 1 aromatic rings. The summed E-state index contributed by atoms with van der Waals surface area (Å²) in [6.45, 7) is 0. The monoisotopic (exact) mass is 232 g/mol. The lowest BCUT2D eigenvalue weighted by Gasteiger charge is -2.18. The minimum absolute atomic E-state index is 0.105. The molecule has 76 valence electrons. The molecule has 1 unspecified atom stereocenters. The van der Waals surface area contributed by atoms with Crippen LogP contribution in [0.25, 0.3) is 0 Å². The second-order valence-electron chi connectivity index (χ2n) is 2.93. The Labute approximate surface area is 87.8 Å². The standard InChI is InChI=1S/C9H11O3PS/c1-11-13(10)12-9(7-14-13)8-5-3-2-4-6-8/h2-6,9H,7H2,1H3/t9-,13?/m1/s1/i11+2. The fourth-order valence-corrected chi connectivity index (χ4v) is 4.50. The van der Waals surface area contributed by atoms with Crippen LogP contribution in [0, 0.1) is 0 Å². The van der Waals surface area contributed by atoms with E-state index in [4.69, 9.17) is 9.05 Å². The van der Waals surface area contributed by atoms with Crippen molar-refractivity contribution in [1.29, 1.82) is 0 Å². The Hall–Kier alpha value is -0.120. The topological polar surface area (TPSA) is 41.5 Å². The van der Waals surface area contributed by atoms with Gasteiger partial charge in [-0.3, -0.25) is 0 Å². The van der Waals surface area contributed by atoms with Crippen molar-refractivity contribution in [3.8, 4) is 0 Å². The normalized spacial score (nSPS) is 32.0. The second-order valence-corrected chi connectivity index (χ2v) is 7.11. The van der Waals surface area contributed by atoms with Gasteiger partial charge in [0, 0.05) is 0 Å². The molecule has 1 aliphatic rings. The SMILES string of the molecule is C[18O][P+]1([O-])O[C@@H](c2ccccc2)CS1. The Bertz CT molecular complexity index is 308. The lowest BCUT2D eigenvalue weighted by molar-refractivity contribution is -0.208. The number of benzene rings is 1. The van der Waals surface area contributed by atoms with Crippen LogP contribution in [-0.2, 0) is 9.05 Å². The summed E-state index contributed by atoms with van der Waals surface area (Å²) in [6, 6.07) is 9.77. The van der Waals surface area contributed by atoms with E-state index in [0.717, 1.165) is 5.56 Å². The van der Waals surface area contributed by atoms with Crippen molar-refractivity contribution >= 4 is 18.5 Å². The van der Waals surface area contributed by atoms with Crippen LogP contribution in [0.2, 0.25) is 0 Å². The van der Waals surface area contributed by atoms with E-state index < -0.39 is 7.15 Å². The van der Waals surface area contributed by atoms with Crippen molar-refractivity contribution in [2.24, 2.45) is 0 Å². The van der Waals surface area contributed by atoms with Gasteiger partial charge in [-0.15, -0.1) is 0 Å². The van der Waals surface area contributed by atoms with E-state index in [1.54, 1.807) is 0 Å². The van der Waals surface area contributed by atoms with Crippen LogP contribution in [0.5, 0.6) is 0 Å². The van der Waals surface area contributed by atoms with Crippen LogP contribution in [0.4, 0.5) is 0 Å².